The van der Waals surface area contributed by atoms with Gasteiger partial charge in [-0.05, 0) is 36.1 Å². The second-order valence-corrected chi connectivity index (χ2v) is 6.85. The van der Waals surface area contributed by atoms with E-state index in [0.717, 1.165) is 16.5 Å². The van der Waals surface area contributed by atoms with Gasteiger partial charge in [-0.1, -0.05) is 36.4 Å². The van der Waals surface area contributed by atoms with E-state index in [2.05, 4.69) is 4.98 Å². The second kappa shape index (κ2) is 8.19. The van der Waals surface area contributed by atoms with Gasteiger partial charge in [0.1, 0.15) is 11.9 Å². The van der Waals surface area contributed by atoms with E-state index in [9.17, 15) is 9.59 Å². The van der Waals surface area contributed by atoms with Gasteiger partial charge in [-0.3, -0.25) is 4.79 Å². The average Bonchev–Trinajstić information content (AvgIpc) is 3.09. The highest BCUT2D eigenvalue weighted by atomic mass is 35.5. The molecule has 5 heteroatoms. The van der Waals surface area contributed by atoms with Gasteiger partial charge in [0, 0.05) is 24.6 Å². The van der Waals surface area contributed by atoms with E-state index < -0.39 is 12.1 Å². The molecule has 3 rings (SSSR count). The van der Waals surface area contributed by atoms with Crippen LogP contribution in [0, 0.1) is 0 Å². The summed E-state index contributed by atoms with van der Waals surface area (Å²) in [7, 11) is 0. The zero-order chi connectivity index (χ0) is 18.5. The number of nitrogens with one attached hydrogen (secondary N) is 1. The van der Waals surface area contributed by atoms with E-state index in [0.29, 0.717) is 12.0 Å². The summed E-state index contributed by atoms with van der Waals surface area (Å²) in [6, 6.07) is 16.8. The predicted octanol–water partition coefficient (Wildman–Crippen LogP) is 5.04. The molecular weight excluding hydrogens is 350 g/mol. The van der Waals surface area contributed by atoms with Crippen molar-refractivity contribution < 1.29 is 14.3 Å². The van der Waals surface area contributed by atoms with Gasteiger partial charge in [0.2, 0.25) is 0 Å². The number of ether oxygens (including phenoxy) is 1. The lowest BCUT2D eigenvalue weighted by atomic mass is 10.0. The monoisotopic (exact) mass is 369 g/mol. The van der Waals surface area contributed by atoms with E-state index in [-0.39, 0.29) is 17.6 Å². The minimum absolute atomic E-state index is 0.0421. The zero-order valence-electron chi connectivity index (χ0n) is 14.4. The number of H-pyrrole nitrogens is 1. The normalized spacial score (nSPS) is 13.3. The number of hydrogen-bond acceptors (Lipinski definition) is 3. The third kappa shape index (κ3) is 4.52. The zero-order valence-corrected chi connectivity index (χ0v) is 15.2. The largest absolute Gasteiger partial charge is 0.458 e. The SMILES string of the molecule is CC(=O)CC(CC(Cl)c1ccccc1)OC(=O)c1ccc2cc[nH]c2c1. The topological polar surface area (TPSA) is 59.2 Å². The van der Waals surface area contributed by atoms with E-state index in [1.807, 2.05) is 48.7 Å². The van der Waals surface area contributed by atoms with Gasteiger partial charge < -0.3 is 9.72 Å². The van der Waals surface area contributed by atoms with Gasteiger partial charge in [0.25, 0.3) is 0 Å². The van der Waals surface area contributed by atoms with Crippen LogP contribution >= 0.6 is 11.6 Å². The number of Topliss-reactive ketones (excluding diaryl/α,β-unsaturated/α-hetero) is 1. The number of fused-ring (bicyclic) bond motifs is 1. The van der Waals surface area contributed by atoms with Gasteiger partial charge in [-0.2, -0.15) is 0 Å². The van der Waals surface area contributed by atoms with E-state index in [1.54, 1.807) is 12.1 Å². The minimum Gasteiger partial charge on any atom is -0.458 e. The summed E-state index contributed by atoms with van der Waals surface area (Å²) >= 11 is 6.47. The Morgan fingerprint density at radius 3 is 2.62 bits per heavy atom. The first-order valence-corrected chi connectivity index (χ1v) is 8.93. The summed E-state index contributed by atoms with van der Waals surface area (Å²) in [5.41, 5.74) is 2.24. The van der Waals surface area contributed by atoms with Crippen molar-refractivity contribution in [2.75, 3.05) is 0 Å². The molecule has 4 nitrogen and oxygen atoms in total. The molecule has 0 fully saturated rings. The molecule has 0 aliphatic rings. The summed E-state index contributed by atoms with van der Waals surface area (Å²) in [5.74, 6) is -0.496. The molecule has 2 aromatic carbocycles. The van der Waals surface area contributed by atoms with Crippen molar-refractivity contribution in [2.24, 2.45) is 0 Å². The van der Waals surface area contributed by atoms with Gasteiger partial charge in [0.05, 0.1) is 10.9 Å². The Labute approximate surface area is 157 Å². The highest BCUT2D eigenvalue weighted by Gasteiger charge is 2.22. The summed E-state index contributed by atoms with van der Waals surface area (Å²) in [5, 5.41) is 0.686. The van der Waals surface area contributed by atoms with E-state index in [1.165, 1.54) is 6.92 Å². The Bertz CT molecular complexity index is 904. The predicted molar refractivity (Wildman–Crippen MR) is 102 cm³/mol. The number of alkyl halides is 1. The first kappa shape index (κ1) is 18.2. The van der Waals surface area contributed by atoms with Crippen LogP contribution in [0.1, 0.15) is 41.1 Å². The molecule has 0 aliphatic carbocycles. The lowest BCUT2D eigenvalue weighted by Gasteiger charge is -2.20. The average molecular weight is 370 g/mol. The first-order valence-electron chi connectivity index (χ1n) is 8.49. The molecule has 0 radical (unpaired) electrons. The Morgan fingerprint density at radius 2 is 1.88 bits per heavy atom. The second-order valence-electron chi connectivity index (χ2n) is 6.33. The van der Waals surface area contributed by atoms with Gasteiger partial charge >= 0.3 is 5.97 Å². The number of carbonyl (C=O) groups excluding carboxylic acids is 2. The van der Waals surface area contributed by atoms with Crippen molar-refractivity contribution in [2.45, 2.75) is 31.2 Å². The summed E-state index contributed by atoms with van der Waals surface area (Å²) < 4.78 is 5.61. The Morgan fingerprint density at radius 1 is 1.12 bits per heavy atom. The number of hydrogen-bond donors (Lipinski definition) is 1. The maximum absolute atomic E-state index is 12.5. The Kier molecular flexibility index (Phi) is 5.74. The van der Waals surface area contributed by atoms with Crippen molar-refractivity contribution in [3.63, 3.8) is 0 Å². The summed E-state index contributed by atoms with van der Waals surface area (Å²) in [4.78, 5) is 27.2. The maximum Gasteiger partial charge on any atom is 0.338 e. The van der Waals surface area contributed by atoms with Gasteiger partial charge in [0.15, 0.2) is 0 Å². The van der Waals surface area contributed by atoms with Crippen LogP contribution in [0.5, 0.6) is 0 Å². The number of aromatic nitrogens is 1. The molecule has 1 aromatic heterocycles. The fraction of sp³-hybridized carbons (Fsp3) is 0.238. The molecule has 0 spiro atoms. The lowest BCUT2D eigenvalue weighted by Crippen LogP contribution is -2.22. The fourth-order valence-corrected chi connectivity index (χ4v) is 3.26. The smallest absolute Gasteiger partial charge is 0.338 e. The van der Waals surface area contributed by atoms with Crippen LogP contribution in [0.2, 0.25) is 0 Å². The van der Waals surface area contributed by atoms with E-state index >= 15 is 0 Å². The standard InChI is InChI=1S/C21H20ClNO3/c1-14(24)11-18(13-19(22)15-5-3-2-4-6-15)26-21(25)17-8-7-16-9-10-23-20(16)12-17/h2-10,12,18-19,23H,11,13H2,1H3. The van der Waals surface area contributed by atoms with Crippen LogP contribution in [0.25, 0.3) is 10.9 Å². The lowest BCUT2D eigenvalue weighted by molar-refractivity contribution is -0.119. The molecule has 1 heterocycles. The molecule has 1 N–H and O–H groups in total. The van der Waals surface area contributed by atoms with Gasteiger partial charge in [-0.15, -0.1) is 11.6 Å². The van der Waals surface area contributed by atoms with Crippen LogP contribution in [0.3, 0.4) is 0 Å². The molecule has 0 aliphatic heterocycles. The van der Waals surface area contributed by atoms with Crippen LogP contribution < -0.4 is 0 Å². The molecule has 134 valence electrons. The number of ketones is 1. The fourth-order valence-electron chi connectivity index (χ4n) is 2.92. The first-order chi connectivity index (χ1) is 12.5. The minimum atomic E-state index is -0.568. The molecular formula is C21H20ClNO3. The quantitative estimate of drug-likeness (QED) is 0.468. The molecule has 0 amide bonds. The highest BCUT2D eigenvalue weighted by Crippen LogP contribution is 2.28. The maximum atomic E-state index is 12.5. The number of rotatable bonds is 7. The highest BCUT2D eigenvalue weighted by molar-refractivity contribution is 6.20. The molecule has 26 heavy (non-hydrogen) atoms. The Balaban J connectivity index is 1.72. The number of aromatic amines is 1. The number of esters is 1. The third-order valence-electron chi connectivity index (χ3n) is 4.21. The van der Waals surface area contributed by atoms with E-state index in [4.69, 9.17) is 16.3 Å². The van der Waals surface area contributed by atoms with Crippen LogP contribution in [-0.4, -0.2) is 22.8 Å². The molecule has 2 atom stereocenters. The summed E-state index contributed by atoms with van der Waals surface area (Å²) in [6.07, 6.45) is 1.77. The van der Waals surface area contributed by atoms with Crippen LogP contribution in [0.4, 0.5) is 0 Å². The van der Waals surface area contributed by atoms with Crippen molar-refractivity contribution in [3.8, 4) is 0 Å². The molecule has 0 saturated heterocycles. The van der Waals surface area contributed by atoms with Crippen molar-refractivity contribution in [1.82, 2.24) is 4.98 Å². The molecule has 2 unspecified atom stereocenters. The summed E-state index contributed by atoms with van der Waals surface area (Å²) in [6.45, 7) is 1.48. The van der Waals surface area contributed by atoms with Crippen LogP contribution in [-0.2, 0) is 9.53 Å². The molecule has 0 bridgehead atoms. The molecule has 0 saturated carbocycles. The van der Waals surface area contributed by atoms with Gasteiger partial charge in [-0.25, -0.2) is 4.79 Å². The van der Waals surface area contributed by atoms with Crippen molar-refractivity contribution in [1.29, 1.82) is 0 Å². The van der Waals surface area contributed by atoms with Crippen molar-refractivity contribution >= 4 is 34.3 Å². The van der Waals surface area contributed by atoms with Crippen molar-refractivity contribution in [3.05, 3.63) is 71.9 Å². The number of halogens is 1. The molecule has 3 aromatic rings. The van der Waals surface area contributed by atoms with Crippen LogP contribution in [0.15, 0.2) is 60.8 Å². The number of carbonyl (C=O) groups is 2. The third-order valence-corrected chi connectivity index (χ3v) is 4.64. The number of benzene rings is 2. The Hall–Kier alpha value is -2.59.